The van der Waals surface area contributed by atoms with Gasteiger partial charge in [0, 0.05) is 31.2 Å². The molecule has 0 unspecified atom stereocenters. The molecule has 1 heterocycles. The number of carbonyl (C=O) groups is 1. The number of rotatable bonds is 3. The zero-order chi connectivity index (χ0) is 11.5. The molecule has 2 rings (SSSR count). The molecule has 1 aromatic carbocycles. The van der Waals surface area contributed by atoms with Crippen molar-refractivity contribution in [3.63, 3.8) is 0 Å². The van der Waals surface area contributed by atoms with Crippen LogP contribution in [0.3, 0.4) is 0 Å². The summed E-state index contributed by atoms with van der Waals surface area (Å²) in [7, 11) is 3.42. The monoisotopic (exact) mass is 218 g/mol. The number of hydrogen-bond acceptors (Lipinski definition) is 2. The normalized spacial score (nSPS) is 10.4. The molecule has 1 amide bonds. The first-order chi connectivity index (χ1) is 7.68. The van der Waals surface area contributed by atoms with Crippen LogP contribution in [0, 0.1) is 0 Å². The SMILES string of the molecule is CN(C)C(=O)COc1cccc2[nH]ccc12. The Bertz CT molecular complexity index is 502. The number of aromatic nitrogens is 1. The van der Waals surface area contributed by atoms with E-state index in [-0.39, 0.29) is 12.5 Å². The molecule has 1 aromatic heterocycles. The van der Waals surface area contributed by atoms with Crippen molar-refractivity contribution in [2.45, 2.75) is 0 Å². The largest absolute Gasteiger partial charge is 0.483 e. The molecule has 0 fully saturated rings. The lowest BCUT2D eigenvalue weighted by Crippen LogP contribution is -2.27. The first-order valence-electron chi connectivity index (χ1n) is 5.07. The highest BCUT2D eigenvalue weighted by Gasteiger charge is 2.07. The van der Waals surface area contributed by atoms with Gasteiger partial charge < -0.3 is 14.6 Å². The molecular formula is C12H14N2O2. The minimum atomic E-state index is -0.0486. The van der Waals surface area contributed by atoms with Crippen LogP contribution in [0.15, 0.2) is 30.5 Å². The van der Waals surface area contributed by atoms with Gasteiger partial charge in [-0.05, 0) is 18.2 Å². The molecule has 0 spiro atoms. The Morgan fingerprint density at radius 3 is 2.94 bits per heavy atom. The molecule has 0 saturated heterocycles. The van der Waals surface area contributed by atoms with E-state index in [4.69, 9.17) is 4.74 Å². The third-order valence-electron chi connectivity index (χ3n) is 2.40. The topological polar surface area (TPSA) is 45.3 Å². The van der Waals surface area contributed by atoms with Gasteiger partial charge in [-0.1, -0.05) is 6.07 Å². The van der Waals surface area contributed by atoms with Gasteiger partial charge in [0.2, 0.25) is 0 Å². The number of carbonyl (C=O) groups excluding carboxylic acids is 1. The van der Waals surface area contributed by atoms with E-state index in [1.54, 1.807) is 14.1 Å². The van der Waals surface area contributed by atoms with E-state index in [1.807, 2.05) is 30.5 Å². The summed E-state index contributed by atoms with van der Waals surface area (Å²) in [5.41, 5.74) is 1.01. The molecule has 0 radical (unpaired) electrons. The third kappa shape index (κ3) is 2.00. The Hall–Kier alpha value is -1.97. The number of ether oxygens (including phenoxy) is 1. The molecule has 84 valence electrons. The zero-order valence-electron chi connectivity index (χ0n) is 9.36. The molecule has 0 atom stereocenters. The van der Waals surface area contributed by atoms with Crippen molar-refractivity contribution in [1.29, 1.82) is 0 Å². The Morgan fingerprint density at radius 2 is 2.19 bits per heavy atom. The van der Waals surface area contributed by atoms with Crippen molar-refractivity contribution in [3.8, 4) is 5.75 Å². The molecule has 0 aliphatic heterocycles. The van der Waals surface area contributed by atoms with Crippen molar-refractivity contribution in [2.24, 2.45) is 0 Å². The van der Waals surface area contributed by atoms with E-state index in [2.05, 4.69) is 4.98 Å². The maximum atomic E-state index is 11.4. The van der Waals surface area contributed by atoms with Crippen LogP contribution in [0.1, 0.15) is 0 Å². The average molecular weight is 218 g/mol. The van der Waals surface area contributed by atoms with Crippen molar-refractivity contribution >= 4 is 16.8 Å². The second-order valence-corrected chi connectivity index (χ2v) is 3.77. The number of fused-ring (bicyclic) bond motifs is 1. The standard InChI is InChI=1S/C12H14N2O2/c1-14(2)12(15)8-16-11-5-3-4-10-9(11)6-7-13-10/h3-7,13H,8H2,1-2H3. The summed E-state index contributed by atoms with van der Waals surface area (Å²) in [5, 5.41) is 0.994. The summed E-state index contributed by atoms with van der Waals surface area (Å²) >= 11 is 0. The lowest BCUT2D eigenvalue weighted by molar-refractivity contribution is -0.130. The number of nitrogens with one attached hydrogen (secondary N) is 1. The summed E-state index contributed by atoms with van der Waals surface area (Å²) in [6, 6.07) is 7.66. The van der Waals surface area contributed by atoms with Gasteiger partial charge in [0.05, 0.1) is 0 Å². The highest BCUT2D eigenvalue weighted by Crippen LogP contribution is 2.24. The van der Waals surface area contributed by atoms with E-state index in [1.165, 1.54) is 4.90 Å². The zero-order valence-corrected chi connectivity index (χ0v) is 9.36. The molecular weight excluding hydrogens is 204 g/mol. The van der Waals surface area contributed by atoms with Crippen molar-refractivity contribution in [2.75, 3.05) is 20.7 Å². The predicted molar refractivity (Wildman–Crippen MR) is 62.5 cm³/mol. The van der Waals surface area contributed by atoms with Gasteiger partial charge in [0.15, 0.2) is 6.61 Å². The lowest BCUT2D eigenvalue weighted by Gasteiger charge is -2.11. The molecule has 1 N–H and O–H groups in total. The molecule has 0 aliphatic carbocycles. The number of likely N-dealkylation sites (N-methyl/N-ethyl adjacent to an activating group) is 1. The first kappa shape index (κ1) is 10.5. The molecule has 2 aromatic rings. The van der Waals surface area contributed by atoms with E-state index >= 15 is 0 Å². The Balaban J connectivity index is 2.15. The van der Waals surface area contributed by atoms with Crippen LogP contribution in [0.5, 0.6) is 5.75 Å². The van der Waals surface area contributed by atoms with Crippen LogP contribution in [0.2, 0.25) is 0 Å². The van der Waals surface area contributed by atoms with Gasteiger partial charge in [0.1, 0.15) is 5.75 Å². The summed E-state index contributed by atoms with van der Waals surface area (Å²) in [4.78, 5) is 16.0. The Kier molecular flexibility index (Phi) is 2.81. The minimum absolute atomic E-state index is 0.0486. The average Bonchev–Trinajstić information content (AvgIpc) is 2.73. The van der Waals surface area contributed by atoms with Gasteiger partial charge in [-0.25, -0.2) is 0 Å². The number of hydrogen-bond donors (Lipinski definition) is 1. The first-order valence-corrected chi connectivity index (χ1v) is 5.07. The van der Waals surface area contributed by atoms with E-state index in [9.17, 15) is 4.79 Å². The predicted octanol–water partition coefficient (Wildman–Crippen LogP) is 1.63. The van der Waals surface area contributed by atoms with Crippen LogP contribution < -0.4 is 4.74 Å². The van der Waals surface area contributed by atoms with Crippen molar-refractivity contribution < 1.29 is 9.53 Å². The van der Waals surface area contributed by atoms with Crippen LogP contribution in [0.25, 0.3) is 10.9 Å². The number of H-pyrrole nitrogens is 1. The van der Waals surface area contributed by atoms with Gasteiger partial charge in [-0.2, -0.15) is 0 Å². The van der Waals surface area contributed by atoms with Crippen LogP contribution >= 0.6 is 0 Å². The fourth-order valence-electron chi connectivity index (χ4n) is 1.45. The van der Waals surface area contributed by atoms with Crippen LogP contribution in [-0.4, -0.2) is 36.5 Å². The van der Waals surface area contributed by atoms with E-state index in [0.717, 1.165) is 16.7 Å². The van der Waals surface area contributed by atoms with Gasteiger partial charge in [-0.15, -0.1) is 0 Å². The molecule has 0 saturated carbocycles. The van der Waals surface area contributed by atoms with Gasteiger partial charge in [-0.3, -0.25) is 4.79 Å². The highest BCUT2D eigenvalue weighted by atomic mass is 16.5. The summed E-state index contributed by atoms with van der Waals surface area (Å²) < 4.78 is 5.49. The smallest absolute Gasteiger partial charge is 0.259 e. The summed E-state index contributed by atoms with van der Waals surface area (Å²) in [6.07, 6.45) is 1.85. The molecule has 0 bridgehead atoms. The minimum Gasteiger partial charge on any atom is -0.483 e. The fraction of sp³-hybridized carbons (Fsp3) is 0.250. The Morgan fingerprint density at radius 1 is 1.38 bits per heavy atom. The van der Waals surface area contributed by atoms with Crippen molar-refractivity contribution in [3.05, 3.63) is 30.5 Å². The Labute approximate surface area is 93.8 Å². The number of aromatic amines is 1. The van der Waals surface area contributed by atoms with E-state index in [0.29, 0.717) is 0 Å². The summed E-state index contributed by atoms with van der Waals surface area (Å²) in [6.45, 7) is 0.0668. The lowest BCUT2D eigenvalue weighted by atomic mass is 10.2. The number of nitrogens with zero attached hydrogens (tertiary/aromatic N) is 1. The second kappa shape index (κ2) is 4.26. The van der Waals surface area contributed by atoms with Gasteiger partial charge in [0.25, 0.3) is 5.91 Å². The molecule has 0 aliphatic rings. The number of amides is 1. The maximum absolute atomic E-state index is 11.4. The summed E-state index contributed by atoms with van der Waals surface area (Å²) in [5.74, 6) is 0.682. The quantitative estimate of drug-likeness (QED) is 0.851. The molecule has 4 heteroatoms. The van der Waals surface area contributed by atoms with Crippen molar-refractivity contribution in [1.82, 2.24) is 9.88 Å². The third-order valence-corrected chi connectivity index (χ3v) is 2.40. The van der Waals surface area contributed by atoms with Crippen LogP contribution in [-0.2, 0) is 4.79 Å². The highest BCUT2D eigenvalue weighted by molar-refractivity contribution is 5.86. The van der Waals surface area contributed by atoms with Crippen LogP contribution in [0.4, 0.5) is 0 Å². The fourth-order valence-corrected chi connectivity index (χ4v) is 1.45. The van der Waals surface area contributed by atoms with Gasteiger partial charge >= 0.3 is 0 Å². The number of benzene rings is 1. The second-order valence-electron chi connectivity index (χ2n) is 3.77. The molecule has 16 heavy (non-hydrogen) atoms. The maximum Gasteiger partial charge on any atom is 0.259 e. The molecule has 4 nitrogen and oxygen atoms in total. The van der Waals surface area contributed by atoms with E-state index < -0.39 is 0 Å².